The van der Waals surface area contributed by atoms with E-state index in [1.165, 1.54) is 18.7 Å². The first-order chi connectivity index (χ1) is 22.1. The monoisotopic (exact) mass is 653 g/mol. The van der Waals surface area contributed by atoms with E-state index in [-0.39, 0.29) is 48.4 Å². The first kappa shape index (κ1) is 33.3. The van der Waals surface area contributed by atoms with Crippen molar-refractivity contribution in [3.8, 4) is 0 Å². The molecule has 47 heavy (non-hydrogen) atoms. The molecule has 16 heteroatoms. The van der Waals surface area contributed by atoms with E-state index in [2.05, 4.69) is 36.1 Å². The summed E-state index contributed by atoms with van der Waals surface area (Å²) < 4.78 is 27.7. The SMILES string of the molecule is CC(C)(C)OC(=O)Nc1ncnc2c1ncn2Cc1c(N2CC[C@](NC(=O)OC(C)(C)C)(C(=O)NC3CC3)C2)ccc(F)c1/C=N/O. The minimum Gasteiger partial charge on any atom is -0.444 e. The molecule has 1 saturated heterocycles. The standard InChI is InChI=1S/C31H40FN9O6/c1-29(2,3)46-27(43)38-24-23-25(34-16-33-24)41(17-35-23)14-20-19(13-36-45)21(32)9-10-22(20)40-12-11-31(15-40,26(42)37-18-7-8-18)39-28(44)47-30(4,5)6/h9-10,13,16-18,45H,7-8,11-12,14-15H2,1-6H3,(H,37,42)(H,39,44)(H,33,34,38,43)/b36-13+/t31-/m1/s1. The third kappa shape index (κ3) is 7.86. The molecule has 4 N–H and O–H groups in total. The number of fused-ring (bicyclic) bond motifs is 1. The van der Waals surface area contributed by atoms with Crippen LogP contribution in [0.15, 0.2) is 29.9 Å². The number of hydrogen-bond acceptors (Lipinski definition) is 11. The molecule has 252 valence electrons. The van der Waals surface area contributed by atoms with E-state index in [1.807, 2.05) is 4.90 Å². The van der Waals surface area contributed by atoms with Crippen molar-refractivity contribution in [3.63, 3.8) is 0 Å². The molecule has 1 saturated carbocycles. The minimum absolute atomic E-state index is 0.00506. The van der Waals surface area contributed by atoms with Crippen molar-refractivity contribution >= 4 is 47.0 Å². The van der Waals surface area contributed by atoms with Crippen molar-refractivity contribution in [1.82, 2.24) is 30.2 Å². The van der Waals surface area contributed by atoms with Crippen LogP contribution in [0.2, 0.25) is 0 Å². The molecule has 1 aliphatic carbocycles. The van der Waals surface area contributed by atoms with E-state index >= 15 is 4.39 Å². The zero-order chi connectivity index (χ0) is 34.1. The van der Waals surface area contributed by atoms with Crippen LogP contribution >= 0.6 is 0 Å². The Morgan fingerprint density at radius 3 is 2.45 bits per heavy atom. The minimum atomic E-state index is -1.32. The summed E-state index contributed by atoms with van der Waals surface area (Å²) in [5, 5.41) is 21.0. The zero-order valence-corrected chi connectivity index (χ0v) is 27.3. The van der Waals surface area contributed by atoms with Gasteiger partial charge < -0.3 is 34.8 Å². The Kier molecular flexibility index (Phi) is 8.97. The Bertz CT molecular complexity index is 1710. The molecule has 0 radical (unpaired) electrons. The van der Waals surface area contributed by atoms with Crippen LogP contribution in [0.3, 0.4) is 0 Å². The molecule has 2 fully saturated rings. The average molecular weight is 654 g/mol. The maximum atomic E-state index is 15.3. The number of rotatable bonds is 8. The Labute approximate surface area is 270 Å². The third-order valence-corrected chi connectivity index (χ3v) is 7.51. The molecule has 5 rings (SSSR count). The molecule has 1 aliphatic heterocycles. The Morgan fingerprint density at radius 1 is 1.09 bits per heavy atom. The molecule has 3 amide bonds. The maximum Gasteiger partial charge on any atom is 0.413 e. The highest BCUT2D eigenvalue weighted by atomic mass is 19.1. The highest BCUT2D eigenvalue weighted by Gasteiger charge is 2.48. The number of alkyl carbamates (subject to hydrolysis) is 1. The highest BCUT2D eigenvalue weighted by molar-refractivity contribution is 5.94. The van der Waals surface area contributed by atoms with Crippen molar-refractivity contribution in [2.75, 3.05) is 23.3 Å². The maximum absolute atomic E-state index is 15.3. The molecule has 3 aromatic rings. The number of oxime groups is 1. The second kappa shape index (κ2) is 12.6. The van der Waals surface area contributed by atoms with Gasteiger partial charge >= 0.3 is 12.2 Å². The number of anilines is 2. The van der Waals surface area contributed by atoms with Gasteiger partial charge in [-0.05, 0) is 72.9 Å². The largest absolute Gasteiger partial charge is 0.444 e. The van der Waals surface area contributed by atoms with Crippen LogP contribution in [0.4, 0.5) is 25.5 Å². The van der Waals surface area contributed by atoms with Gasteiger partial charge in [0, 0.05) is 29.4 Å². The lowest BCUT2D eigenvalue weighted by Gasteiger charge is -2.31. The average Bonchev–Trinajstić information content (AvgIpc) is 3.51. The van der Waals surface area contributed by atoms with E-state index < -0.39 is 34.7 Å². The number of imidazole rings is 1. The molecule has 0 unspecified atom stereocenters. The second-order valence-electron chi connectivity index (χ2n) is 13.7. The lowest BCUT2D eigenvalue weighted by atomic mass is 9.97. The van der Waals surface area contributed by atoms with E-state index in [9.17, 15) is 19.6 Å². The summed E-state index contributed by atoms with van der Waals surface area (Å²) in [4.78, 5) is 53.7. The summed E-state index contributed by atoms with van der Waals surface area (Å²) in [6.45, 7) is 10.8. The van der Waals surface area contributed by atoms with Crippen LogP contribution in [0, 0.1) is 5.82 Å². The molecular weight excluding hydrogens is 613 g/mol. The summed E-state index contributed by atoms with van der Waals surface area (Å²) >= 11 is 0. The molecule has 2 aliphatic rings. The number of amides is 3. The van der Waals surface area contributed by atoms with Crippen LogP contribution in [0.5, 0.6) is 0 Å². The van der Waals surface area contributed by atoms with E-state index in [0.717, 1.165) is 19.1 Å². The van der Waals surface area contributed by atoms with Crippen molar-refractivity contribution in [2.45, 2.75) is 90.1 Å². The highest BCUT2D eigenvalue weighted by Crippen LogP contribution is 2.34. The third-order valence-electron chi connectivity index (χ3n) is 7.51. The van der Waals surface area contributed by atoms with E-state index in [1.54, 1.807) is 52.2 Å². The van der Waals surface area contributed by atoms with Crippen molar-refractivity contribution < 1.29 is 33.5 Å². The molecular formula is C31H40FN9O6. The Balaban J connectivity index is 1.49. The van der Waals surface area contributed by atoms with Gasteiger partial charge in [0.25, 0.3) is 0 Å². The van der Waals surface area contributed by atoms with E-state index in [0.29, 0.717) is 23.4 Å². The van der Waals surface area contributed by atoms with Gasteiger partial charge in [-0.2, -0.15) is 0 Å². The predicted molar refractivity (Wildman–Crippen MR) is 170 cm³/mol. The summed E-state index contributed by atoms with van der Waals surface area (Å²) in [7, 11) is 0. The van der Waals surface area contributed by atoms with E-state index in [4.69, 9.17) is 9.47 Å². The number of nitrogens with one attached hydrogen (secondary N) is 3. The number of halogens is 1. The van der Waals surface area contributed by atoms with Gasteiger partial charge in [0.05, 0.1) is 25.6 Å². The van der Waals surface area contributed by atoms with Crippen LogP contribution in [0.1, 0.15) is 71.9 Å². The first-order valence-electron chi connectivity index (χ1n) is 15.3. The molecule has 15 nitrogen and oxygen atoms in total. The number of hydrogen-bond donors (Lipinski definition) is 4. The molecule has 2 aromatic heterocycles. The molecule has 0 bridgehead atoms. The topological polar surface area (TPSA) is 185 Å². The molecule has 1 aromatic carbocycles. The van der Waals surface area contributed by atoms with Gasteiger partial charge in [-0.1, -0.05) is 5.16 Å². The fourth-order valence-electron chi connectivity index (χ4n) is 5.35. The normalized spacial score (nSPS) is 18.4. The number of nitrogens with zero attached hydrogens (tertiary/aromatic N) is 6. The molecule has 3 heterocycles. The molecule has 1 atom stereocenters. The van der Waals surface area contributed by atoms with Gasteiger partial charge in [0.2, 0.25) is 5.91 Å². The van der Waals surface area contributed by atoms with Gasteiger partial charge in [0.1, 0.15) is 28.9 Å². The van der Waals surface area contributed by atoms with Crippen molar-refractivity contribution in [2.24, 2.45) is 5.16 Å². The van der Waals surface area contributed by atoms with Gasteiger partial charge in [-0.25, -0.2) is 28.9 Å². The second-order valence-corrected chi connectivity index (χ2v) is 13.7. The summed E-state index contributed by atoms with van der Waals surface area (Å²) in [6.07, 6.45) is 4.26. The Morgan fingerprint density at radius 2 is 1.79 bits per heavy atom. The lowest BCUT2D eigenvalue weighted by Crippen LogP contribution is -2.61. The summed E-state index contributed by atoms with van der Waals surface area (Å²) in [5.74, 6) is -0.841. The number of benzene rings is 1. The van der Waals surface area contributed by atoms with Crippen molar-refractivity contribution in [1.29, 1.82) is 0 Å². The molecule has 0 spiro atoms. The zero-order valence-electron chi connectivity index (χ0n) is 27.3. The van der Waals surface area contributed by atoms with Gasteiger partial charge in [-0.3, -0.25) is 10.1 Å². The summed E-state index contributed by atoms with van der Waals surface area (Å²) in [6, 6.07) is 2.87. The fourth-order valence-corrected chi connectivity index (χ4v) is 5.35. The summed E-state index contributed by atoms with van der Waals surface area (Å²) in [5.41, 5.74) is -1.28. The number of aromatic nitrogens is 4. The number of carbonyl (C=O) groups excluding carboxylic acids is 3. The van der Waals surface area contributed by atoms with Crippen LogP contribution < -0.4 is 20.9 Å². The fraction of sp³-hybridized carbons (Fsp3) is 0.516. The number of carbonyl (C=O) groups is 3. The Hall–Kier alpha value is -5.02. The van der Waals surface area contributed by atoms with Crippen LogP contribution in [-0.4, -0.2) is 84.9 Å². The van der Waals surface area contributed by atoms with Crippen LogP contribution in [-0.2, 0) is 20.8 Å². The van der Waals surface area contributed by atoms with Gasteiger partial charge in [0.15, 0.2) is 17.0 Å². The quantitative estimate of drug-likeness (QED) is 0.158. The van der Waals surface area contributed by atoms with Crippen LogP contribution in [0.25, 0.3) is 11.2 Å². The lowest BCUT2D eigenvalue weighted by molar-refractivity contribution is -0.127. The first-order valence-corrected chi connectivity index (χ1v) is 15.3. The number of ether oxygens (including phenoxy) is 2. The van der Waals surface area contributed by atoms with Gasteiger partial charge in [-0.15, -0.1) is 0 Å². The van der Waals surface area contributed by atoms with Crippen molar-refractivity contribution in [3.05, 3.63) is 41.7 Å². The smallest absolute Gasteiger partial charge is 0.413 e. The predicted octanol–water partition coefficient (Wildman–Crippen LogP) is 3.92.